The monoisotopic (exact) mass is 359 g/mol. The summed E-state index contributed by atoms with van der Waals surface area (Å²) in [7, 11) is -1.60. The Bertz CT molecular complexity index is 1050. The number of hydrogen-bond acceptors (Lipinski definition) is 4. The van der Waals surface area contributed by atoms with Gasteiger partial charge >= 0.3 is 0 Å². The molecule has 0 fully saturated rings. The largest absolute Gasteiger partial charge is 0.345 e. The Balaban J connectivity index is 2.02. The Morgan fingerprint density at radius 2 is 2.28 bits per heavy atom. The van der Waals surface area contributed by atoms with E-state index in [1.807, 2.05) is 0 Å². The highest BCUT2D eigenvalue weighted by Crippen LogP contribution is 2.26. The fourth-order valence-corrected chi connectivity index (χ4v) is 3.86. The molecular formula is C16H14FN5O2S. The van der Waals surface area contributed by atoms with Gasteiger partial charge in [0.2, 0.25) is 0 Å². The van der Waals surface area contributed by atoms with Crippen LogP contribution in [0.4, 0.5) is 10.1 Å². The maximum atomic E-state index is 13.4. The molecule has 1 atom stereocenters. The number of benzene rings is 1. The van der Waals surface area contributed by atoms with Gasteiger partial charge in [0.05, 0.1) is 10.5 Å². The van der Waals surface area contributed by atoms with Crippen LogP contribution in [-0.4, -0.2) is 21.2 Å². The average molecular weight is 359 g/mol. The van der Waals surface area contributed by atoms with E-state index in [0.717, 1.165) is 6.07 Å². The van der Waals surface area contributed by atoms with Crippen molar-refractivity contribution in [3.05, 3.63) is 53.1 Å². The number of fused-ring (bicyclic) bond motifs is 1. The Hall–Kier alpha value is -2.96. The lowest BCUT2D eigenvalue weighted by Crippen LogP contribution is -2.21. The number of nitrogens with one attached hydrogen (secondary N) is 3. The summed E-state index contributed by atoms with van der Waals surface area (Å²) in [5.74, 6) is -1.18. The first-order valence-electron chi connectivity index (χ1n) is 7.24. The molecular weight excluding hydrogens is 345 g/mol. The van der Waals surface area contributed by atoms with E-state index in [0.29, 0.717) is 5.56 Å². The molecule has 3 rings (SSSR count). The van der Waals surface area contributed by atoms with Gasteiger partial charge in [0.1, 0.15) is 27.5 Å². The average Bonchev–Trinajstić information content (AvgIpc) is 2.83. The Kier molecular flexibility index (Phi) is 4.16. The van der Waals surface area contributed by atoms with E-state index >= 15 is 0 Å². The number of aryl methyl sites for hydroxylation is 1. The molecule has 128 valence electrons. The summed E-state index contributed by atoms with van der Waals surface area (Å²) in [6.07, 6.45) is 4.81. The molecule has 0 aliphatic carbocycles. The zero-order valence-corrected chi connectivity index (χ0v) is 14.0. The lowest BCUT2D eigenvalue weighted by molar-refractivity contribution is 0.101. The zero-order chi connectivity index (χ0) is 18.2. The molecule has 3 N–H and O–H groups in total. The van der Waals surface area contributed by atoms with E-state index in [9.17, 15) is 13.4 Å². The molecule has 0 saturated carbocycles. The summed E-state index contributed by atoms with van der Waals surface area (Å²) >= 11 is 0. The number of carbonyl (C=O) groups is 1. The lowest BCUT2D eigenvalue weighted by atomic mass is 10.2. The van der Waals surface area contributed by atoms with Gasteiger partial charge in [-0.1, -0.05) is 12.2 Å². The maximum absolute atomic E-state index is 13.4. The van der Waals surface area contributed by atoms with Crippen molar-refractivity contribution in [1.82, 2.24) is 9.29 Å². The van der Waals surface area contributed by atoms with Crippen molar-refractivity contribution >= 4 is 27.6 Å². The molecule has 1 aliphatic rings. The van der Waals surface area contributed by atoms with Crippen molar-refractivity contribution in [3.8, 4) is 6.07 Å². The first-order chi connectivity index (χ1) is 11.8. The van der Waals surface area contributed by atoms with Crippen molar-refractivity contribution in [3.63, 3.8) is 0 Å². The van der Waals surface area contributed by atoms with Crippen molar-refractivity contribution in [1.29, 1.82) is 10.0 Å². The predicted octanol–water partition coefficient (Wildman–Crippen LogP) is 2.23. The third-order valence-electron chi connectivity index (χ3n) is 3.74. The topological polar surface area (TPSA) is 111 Å². The molecule has 1 amide bonds. The van der Waals surface area contributed by atoms with Crippen LogP contribution in [0.25, 0.3) is 6.08 Å². The number of nitrogens with zero attached hydrogens (tertiary/aromatic N) is 2. The predicted molar refractivity (Wildman–Crippen MR) is 90.6 cm³/mol. The van der Waals surface area contributed by atoms with Crippen LogP contribution in [0, 0.1) is 21.9 Å². The summed E-state index contributed by atoms with van der Waals surface area (Å²) in [4.78, 5) is 12.9. The number of nitriles is 1. The van der Waals surface area contributed by atoms with E-state index in [1.165, 1.54) is 22.9 Å². The van der Waals surface area contributed by atoms with Gasteiger partial charge in [-0.25, -0.2) is 18.1 Å². The van der Waals surface area contributed by atoms with E-state index in [4.69, 9.17) is 10.0 Å². The van der Waals surface area contributed by atoms with Gasteiger partial charge in [0, 0.05) is 31.0 Å². The Morgan fingerprint density at radius 3 is 3.00 bits per heavy atom. The van der Waals surface area contributed by atoms with Gasteiger partial charge in [0.25, 0.3) is 5.91 Å². The van der Waals surface area contributed by atoms with Gasteiger partial charge in [-0.15, -0.1) is 0 Å². The number of carbonyl (C=O) groups excluding carboxylic acids is 1. The quantitative estimate of drug-likeness (QED) is 0.764. The molecule has 9 heteroatoms. The molecule has 1 unspecified atom stereocenters. The first-order valence-corrected chi connectivity index (χ1v) is 8.79. The summed E-state index contributed by atoms with van der Waals surface area (Å²) in [6.45, 7) is 0.255. The van der Waals surface area contributed by atoms with Crippen LogP contribution in [-0.2, 0) is 17.0 Å². The minimum absolute atomic E-state index is 0.179. The minimum atomic E-state index is -3.21. The Morgan fingerprint density at radius 1 is 1.52 bits per heavy atom. The fraction of sp³-hybridized carbons (Fsp3) is 0.125. The van der Waals surface area contributed by atoms with Gasteiger partial charge in [0.15, 0.2) is 0 Å². The molecule has 1 aromatic heterocycles. The summed E-state index contributed by atoms with van der Waals surface area (Å²) in [6, 6.07) is 5.39. The molecule has 0 radical (unpaired) electrons. The lowest BCUT2D eigenvalue weighted by Gasteiger charge is -2.08. The number of halogens is 1. The fourth-order valence-electron chi connectivity index (χ4n) is 2.59. The molecule has 2 heterocycles. The molecule has 7 nitrogen and oxygen atoms in total. The number of rotatable bonds is 2. The van der Waals surface area contributed by atoms with Gasteiger partial charge in [-0.2, -0.15) is 5.26 Å². The van der Waals surface area contributed by atoms with Crippen LogP contribution in [0.5, 0.6) is 0 Å². The van der Waals surface area contributed by atoms with E-state index in [1.54, 1.807) is 25.3 Å². The number of hydrogen-bond donors (Lipinski definition) is 3. The molecule has 0 saturated heterocycles. The van der Waals surface area contributed by atoms with Crippen molar-refractivity contribution in [2.75, 3.05) is 11.9 Å². The third-order valence-corrected chi connectivity index (χ3v) is 5.26. The van der Waals surface area contributed by atoms with Crippen LogP contribution >= 0.6 is 0 Å². The SMILES string of the molecule is Cn1cc2c(c1C(=O)Nc1ccc(F)c(C#N)c1)C=CCNS2(=N)=O. The second-order valence-electron chi connectivity index (χ2n) is 5.43. The van der Waals surface area contributed by atoms with Crippen LogP contribution < -0.4 is 10.0 Å². The molecule has 0 bridgehead atoms. The van der Waals surface area contributed by atoms with Crippen LogP contribution in [0.2, 0.25) is 0 Å². The van der Waals surface area contributed by atoms with Crippen LogP contribution in [0.3, 0.4) is 0 Å². The second kappa shape index (κ2) is 6.16. The second-order valence-corrected chi connectivity index (χ2v) is 7.27. The van der Waals surface area contributed by atoms with E-state index in [-0.39, 0.29) is 28.4 Å². The molecule has 0 spiro atoms. The van der Waals surface area contributed by atoms with Crippen molar-refractivity contribution in [2.45, 2.75) is 4.90 Å². The maximum Gasteiger partial charge on any atom is 0.272 e. The highest BCUT2D eigenvalue weighted by Gasteiger charge is 2.25. The Labute approximate surface area is 143 Å². The number of anilines is 1. The van der Waals surface area contributed by atoms with Gasteiger partial charge in [-0.3, -0.25) is 4.79 Å². The number of amides is 1. The molecule has 2 aromatic rings. The van der Waals surface area contributed by atoms with Crippen molar-refractivity contribution in [2.24, 2.45) is 7.05 Å². The van der Waals surface area contributed by atoms with E-state index in [2.05, 4.69) is 10.0 Å². The van der Waals surface area contributed by atoms with E-state index < -0.39 is 21.6 Å². The first kappa shape index (κ1) is 16.9. The smallest absolute Gasteiger partial charge is 0.272 e. The minimum Gasteiger partial charge on any atom is -0.345 e. The highest BCUT2D eigenvalue weighted by atomic mass is 32.2. The third kappa shape index (κ3) is 3.05. The van der Waals surface area contributed by atoms with Crippen molar-refractivity contribution < 1.29 is 13.4 Å². The normalized spacial score (nSPS) is 18.9. The summed E-state index contributed by atoms with van der Waals surface area (Å²) in [5.41, 5.74) is 0.701. The number of aromatic nitrogens is 1. The molecule has 25 heavy (non-hydrogen) atoms. The summed E-state index contributed by atoms with van der Waals surface area (Å²) < 4.78 is 37.9. The standard InChI is InChI=1S/C16H14FN5O2S/c1-22-9-14-12(3-2-6-20-25(14,19)24)15(22)16(23)21-11-4-5-13(17)10(7-11)8-18/h2-5,7,9H,6H2,1H3,(H,21,23)(H2,19,20,24). The van der Waals surface area contributed by atoms with Crippen LogP contribution in [0.15, 0.2) is 35.4 Å². The van der Waals surface area contributed by atoms with Gasteiger partial charge in [-0.05, 0) is 18.2 Å². The summed E-state index contributed by atoms with van der Waals surface area (Å²) in [5, 5.41) is 11.5. The molecule has 1 aliphatic heterocycles. The molecule has 1 aromatic carbocycles. The van der Waals surface area contributed by atoms with Crippen LogP contribution in [0.1, 0.15) is 21.6 Å². The zero-order valence-electron chi connectivity index (χ0n) is 13.2. The van der Waals surface area contributed by atoms with Gasteiger partial charge < -0.3 is 9.88 Å². The highest BCUT2D eigenvalue weighted by molar-refractivity contribution is 7.90.